The molecule has 5 heteroatoms. The van der Waals surface area contributed by atoms with Crippen LogP contribution in [0.4, 0.5) is 5.82 Å². The average Bonchev–Trinajstić information content (AvgIpc) is 2.39. The predicted octanol–water partition coefficient (Wildman–Crippen LogP) is 3.18. The summed E-state index contributed by atoms with van der Waals surface area (Å²) >= 11 is 6.12. The molecule has 2 atom stereocenters. The van der Waals surface area contributed by atoms with Gasteiger partial charge in [0.05, 0.1) is 5.02 Å². The molecule has 1 aliphatic rings. The van der Waals surface area contributed by atoms with Crippen LogP contribution in [0.15, 0.2) is 12.1 Å². The minimum absolute atomic E-state index is 0.0678. The van der Waals surface area contributed by atoms with Gasteiger partial charge in [-0.15, -0.1) is 0 Å². The molecule has 1 aliphatic heterocycles. The number of amides is 1. The number of anilines is 1. The highest BCUT2D eigenvalue weighted by Crippen LogP contribution is 2.26. The molecule has 0 aliphatic carbocycles. The molecule has 1 aromatic heterocycles. The van der Waals surface area contributed by atoms with E-state index in [1.165, 1.54) is 6.42 Å². The zero-order chi connectivity index (χ0) is 14.0. The standard InChI is InChI=1S/C14H20ClN3O/c1-9-5-4-6-10(2)18(9)14(19)13-11(15)7-8-12(16-3)17-13/h7-10H,4-6H2,1-3H3,(H,16,17)/t9-,10+. The van der Waals surface area contributed by atoms with E-state index in [1.807, 2.05) is 4.90 Å². The third-order valence-corrected chi connectivity index (χ3v) is 4.04. The van der Waals surface area contributed by atoms with E-state index in [2.05, 4.69) is 24.1 Å². The first-order valence-electron chi connectivity index (χ1n) is 6.71. The van der Waals surface area contributed by atoms with Crippen molar-refractivity contribution < 1.29 is 4.79 Å². The van der Waals surface area contributed by atoms with E-state index in [4.69, 9.17) is 11.6 Å². The van der Waals surface area contributed by atoms with Gasteiger partial charge in [-0.1, -0.05) is 11.6 Å². The van der Waals surface area contributed by atoms with Crippen molar-refractivity contribution in [2.45, 2.75) is 45.2 Å². The minimum atomic E-state index is -0.0678. The van der Waals surface area contributed by atoms with Crippen LogP contribution >= 0.6 is 11.6 Å². The van der Waals surface area contributed by atoms with Crippen LogP contribution in [0.2, 0.25) is 5.02 Å². The molecule has 104 valence electrons. The Kier molecular flexibility index (Phi) is 4.30. The van der Waals surface area contributed by atoms with E-state index in [0.717, 1.165) is 12.8 Å². The van der Waals surface area contributed by atoms with Crippen LogP contribution in [0, 0.1) is 0 Å². The van der Waals surface area contributed by atoms with Crippen LogP contribution in [-0.2, 0) is 0 Å². The highest BCUT2D eigenvalue weighted by atomic mass is 35.5. The first-order chi connectivity index (χ1) is 9.04. The largest absolute Gasteiger partial charge is 0.373 e. The van der Waals surface area contributed by atoms with Gasteiger partial charge < -0.3 is 10.2 Å². The van der Waals surface area contributed by atoms with Gasteiger partial charge in [-0.3, -0.25) is 4.79 Å². The van der Waals surface area contributed by atoms with Crippen LogP contribution in [0.25, 0.3) is 0 Å². The van der Waals surface area contributed by atoms with Crippen LogP contribution in [0.3, 0.4) is 0 Å². The van der Waals surface area contributed by atoms with Crippen LogP contribution in [0.1, 0.15) is 43.6 Å². The number of halogens is 1. The van der Waals surface area contributed by atoms with Crippen molar-refractivity contribution >= 4 is 23.3 Å². The summed E-state index contributed by atoms with van der Waals surface area (Å²) in [4.78, 5) is 18.9. The van der Waals surface area contributed by atoms with E-state index < -0.39 is 0 Å². The maximum Gasteiger partial charge on any atom is 0.274 e. The van der Waals surface area contributed by atoms with E-state index in [-0.39, 0.29) is 18.0 Å². The fourth-order valence-corrected chi connectivity index (χ4v) is 2.86. The number of piperidine rings is 1. The molecular weight excluding hydrogens is 262 g/mol. The highest BCUT2D eigenvalue weighted by molar-refractivity contribution is 6.33. The van der Waals surface area contributed by atoms with E-state index >= 15 is 0 Å². The number of nitrogens with one attached hydrogen (secondary N) is 1. The lowest BCUT2D eigenvalue weighted by molar-refractivity contribution is 0.0505. The van der Waals surface area contributed by atoms with Gasteiger partial charge >= 0.3 is 0 Å². The summed E-state index contributed by atoms with van der Waals surface area (Å²) in [5, 5.41) is 3.35. The molecule has 1 saturated heterocycles. The first-order valence-corrected chi connectivity index (χ1v) is 7.09. The van der Waals surface area contributed by atoms with E-state index in [1.54, 1.807) is 19.2 Å². The molecule has 1 amide bonds. The van der Waals surface area contributed by atoms with Gasteiger partial charge in [0.15, 0.2) is 0 Å². The summed E-state index contributed by atoms with van der Waals surface area (Å²) < 4.78 is 0. The summed E-state index contributed by atoms with van der Waals surface area (Å²) in [6.45, 7) is 4.17. The zero-order valence-electron chi connectivity index (χ0n) is 11.6. The van der Waals surface area contributed by atoms with Gasteiger partial charge in [0.2, 0.25) is 0 Å². The maximum absolute atomic E-state index is 12.7. The number of pyridine rings is 1. The zero-order valence-corrected chi connectivity index (χ0v) is 12.4. The Hall–Kier alpha value is -1.29. The van der Waals surface area contributed by atoms with Crippen molar-refractivity contribution in [2.75, 3.05) is 12.4 Å². The van der Waals surface area contributed by atoms with Gasteiger partial charge in [-0.05, 0) is 45.2 Å². The minimum Gasteiger partial charge on any atom is -0.373 e. The Morgan fingerprint density at radius 3 is 2.58 bits per heavy atom. The van der Waals surface area contributed by atoms with Crippen LogP contribution in [0.5, 0.6) is 0 Å². The predicted molar refractivity (Wildman–Crippen MR) is 77.7 cm³/mol. The molecule has 1 aromatic rings. The van der Waals surface area contributed by atoms with Crippen molar-refractivity contribution in [3.05, 3.63) is 22.8 Å². The molecule has 1 N–H and O–H groups in total. The summed E-state index contributed by atoms with van der Waals surface area (Å²) in [6.07, 6.45) is 3.25. The summed E-state index contributed by atoms with van der Waals surface area (Å²) in [5.41, 5.74) is 0.342. The smallest absolute Gasteiger partial charge is 0.274 e. The van der Waals surface area contributed by atoms with Gasteiger partial charge in [-0.2, -0.15) is 0 Å². The molecule has 0 radical (unpaired) electrons. The lowest BCUT2D eigenvalue weighted by atomic mass is 9.97. The second kappa shape index (κ2) is 5.78. The van der Waals surface area contributed by atoms with Crippen molar-refractivity contribution in [1.29, 1.82) is 0 Å². The van der Waals surface area contributed by atoms with Crippen molar-refractivity contribution in [2.24, 2.45) is 0 Å². The number of nitrogens with zero attached hydrogens (tertiary/aromatic N) is 2. The number of aromatic nitrogens is 1. The molecule has 0 bridgehead atoms. The van der Waals surface area contributed by atoms with Crippen LogP contribution in [-0.4, -0.2) is 34.9 Å². The Morgan fingerprint density at radius 2 is 2.00 bits per heavy atom. The van der Waals surface area contributed by atoms with Crippen molar-refractivity contribution in [3.8, 4) is 0 Å². The molecule has 4 nitrogen and oxygen atoms in total. The molecule has 0 saturated carbocycles. The van der Waals surface area contributed by atoms with Crippen molar-refractivity contribution in [1.82, 2.24) is 9.88 Å². The lowest BCUT2D eigenvalue weighted by Gasteiger charge is -2.39. The quantitative estimate of drug-likeness (QED) is 0.905. The fourth-order valence-electron chi connectivity index (χ4n) is 2.68. The number of likely N-dealkylation sites (tertiary alicyclic amines) is 1. The Labute approximate surface area is 119 Å². The summed E-state index contributed by atoms with van der Waals surface area (Å²) in [7, 11) is 1.77. The number of carbonyl (C=O) groups is 1. The average molecular weight is 282 g/mol. The molecular formula is C14H20ClN3O. The second-order valence-electron chi connectivity index (χ2n) is 5.12. The first kappa shape index (κ1) is 14.1. The van der Waals surface area contributed by atoms with Crippen molar-refractivity contribution in [3.63, 3.8) is 0 Å². The third-order valence-electron chi connectivity index (χ3n) is 3.73. The van der Waals surface area contributed by atoms with Crippen LogP contribution < -0.4 is 5.32 Å². The monoisotopic (exact) mass is 281 g/mol. The van der Waals surface area contributed by atoms with Gasteiger partial charge in [0, 0.05) is 19.1 Å². The molecule has 2 heterocycles. The Morgan fingerprint density at radius 1 is 1.37 bits per heavy atom. The van der Waals surface area contributed by atoms with E-state index in [9.17, 15) is 4.79 Å². The molecule has 1 fully saturated rings. The van der Waals surface area contributed by atoms with Gasteiger partial charge in [0.25, 0.3) is 5.91 Å². The third kappa shape index (κ3) is 2.84. The van der Waals surface area contributed by atoms with Gasteiger partial charge in [0.1, 0.15) is 11.5 Å². The number of hydrogen-bond acceptors (Lipinski definition) is 3. The number of carbonyl (C=O) groups excluding carboxylic acids is 1. The SMILES string of the molecule is CNc1ccc(Cl)c(C(=O)N2[C@H](C)CCC[C@@H]2C)n1. The molecule has 0 spiro atoms. The lowest BCUT2D eigenvalue weighted by Crippen LogP contribution is -2.47. The highest BCUT2D eigenvalue weighted by Gasteiger charge is 2.31. The number of hydrogen-bond donors (Lipinski definition) is 1. The maximum atomic E-state index is 12.7. The molecule has 0 unspecified atom stereocenters. The summed E-state index contributed by atoms with van der Waals surface area (Å²) in [6, 6.07) is 3.97. The molecule has 19 heavy (non-hydrogen) atoms. The Balaban J connectivity index is 2.32. The molecule has 0 aromatic carbocycles. The number of rotatable bonds is 2. The second-order valence-corrected chi connectivity index (χ2v) is 5.53. The summed E-state index contributed by atoms with van der Waals surface area (Å²) in [5.74, 6) is 0.590. The normalized spacial score (nSPS) is 23.3. The topological polar surface area (TPSA) is 45.2 Å². The Bertz CT molecular complexity index is 468. The van der Waals surface area contributed by atoms with E-state index in [0.29, 0.717) is 16.5 Å². The van der Waals surface area contributed by atoms with Gasteiger partial charge in [-0.25, -0.2) is 4.98 Å². The molecule has 2 rings (SSSR count). The fraction of sp³-hybridized carbons (Fsp3) is 0.571.